The van der Waals surface area contributed by atoms with Crippen molar-refractivity contribution in [1.82, 2.24) is 0 Å². The SMILES string of the molecule is C=C.C=NC(OC)=C(C)C. The monoisotopic (exact) mass is 141 g/mol. The van der Waals surface area contributed by atoms with Crippen molar-refractivity contribution in [3.8, 4) is 0 Å². The molecule has 0 bridgehead atoms. The average molecular weight is 141 g/mol. The Hall–Kier alpha value is -1.05. The summed E-state index contributed by atoms with van der Waals surface area (Å²) >= 11 is 0. The van der Waals surface area contributed by atoms with Crippen molar-refractivity contribution < 1.29 is 4.74 Å². The molecule has 0 aliphatic carbocycles. The lowest BCUT2D eigenvalue weighted by atomic mass is 10.4. The van der Waals surface area contributed by atoms with Gasteiger partial charge in [0.1, 0.15) is 0 Å². The van der Waals surface area contributed by atoms with Crippen LogP contribution in [0.2, 0.25) is 0 Å². The van der Waals surface area contributed by atoms with E-state index in [0.717, 1.165) is 5.57 Å². The number of ether oxygens (including phenoxy) is 1. The summed E-state index contributed by atoms with van der Waals surface area (Å²) in [6.07, 6.45) is 0. The van der Waals surface area contributed by atoms with E-state index in [0.29, 0.717) is 5.88 Å². The molecule has 0 aromatic carbocycles. The summed E-state index contributed by atoms with van der Waals surface area (Å²) in [5.41, 5.74) is 1.04. The second kappa shape index (κ2) is 7.95. The van der Waals surface area contributed by atoms with E-state index in [4.69, 9.17) is 4.74 Å². The maximum absolute atomic E-state index is 4.81. The third-order valence-corrected chi connectivity index (χ3v) is 0.765. The molecule has 0 fully saturated rings. The van der Waals surface area contributed by atoms with E-state index in [9.17, 15) is 0 Å². The predicted molar refractivity (Wildman–Crippen MR) is 46.2 cm³/mol. The lowest BCUT2D eigenvalue weighted by molar-refractivity contribution is 0.284. The summed E-state index contributed by atoms with van der Waals surface area (Å²) in [4.78, 5) is 3.61. The summed E-state index contributed by atoms with van der Waals surface area (Å²) in [5.74, 6) is 0.616. The zero-order valence-corrected chi connectivity index (χ0v) is 6.98. The van der Waals surface area contributed by atoms with Crippen LogP contribution in [-0.2, 0) is 4.74 Å². The quantitative estimate of drug-likeness (QED) is 0.328. The first-order valence-electron chi connectivity index (χ1n) is 2.90. The van der Waals surface area contributed by atoms with Gasteiger partial charge in [-0.1, -0.05) is 0 Å². The van der Waals surface area contributed by atoms with Crippen molar-refractivity contribution in [3.05, 3.63) is 24.6 Å². The number of hydrogen-bond acceptors (Lipinski definition) is 2. The Morgan fingerprint density at radius 3 is 1.70 bits per heavy atom. The van der Waals surface area contributed by atoms with Gasteiger partial charge in [0, 0.05) is 0 Å². The molecule has 2 heteroatoms. The molecule has 10 heavy (non-hydrogen) atoms. The highest BCUT2D eigenvalue weighted by Gasteiger charge is 1.89. The normalized spacial score (nSPS) is 6.70. The largest absolute Gasteiger partial charge is 0.481 e. The van der Waals surface area contributed by atoms with Crippen molar-refractivity contribution in [3.63, 3.8) is 0 Å². The molecule has 0 N–H and O–H groups in total. The van der Waals surface area contributed by atoms with Crippen molar-refractivity contribution in [2.24, 2.45) is 4.99 Å². The number of hydrogen-bond donors (Lipinski definition) is 0. The zero-order valence-electron chi connectivity index (χ0n) is 6.98. The molecule has 0 amide bonds. The van der Waals surface area contributed by atoms with Crippen LogP contribution in [0, 0.1) is 0 Å². The molecule has 0 unspecified atom stereocenters. The first-order chi connectivity index (χ1) is 4.72. The molecule has 0 saturated heterocycles. The highest BCUT2D eigenvalue weighted by atomic mass is 16.5. The van der Waals surface area contributed by atoms with Gasteiger partial charge in [0.2, 0.25) is 5.88 Å². The van der Waals surface area contributed by atoms with Gasteiger partial charge in [0.05, 0.1) is 7.11 Å². The minimum atomic E-state index is 0.616. The van der Waals surface area contributed by atoms with E-state index in [1.165, 1.54) is 0 Å². The number of nitrogens with zero attached hydrogens (tertiary/aromatic N) is 1. The van der Waals surface area contributed by atoms with Crippen LogP contribution in [0.3, 0.4) is 0 Å². The molecule has 0 aromatic rings. The molecule has 58 valence electrons. The highest BCUT2D eigenvalue weighted by molar-refractivity contribution is 5.28. The maximum Gasteiger partial charge on any atom is 0.210 e. The first-order valence-corrected chi connectivity index (χ1v) is 2.90. The van der Waals surface area contributed by atoms with Crippen LogP contribution < -0.4 is 0 Å². The van der Waals surface area contributed by atoms with E-state index < -0.39 is 0 Å². The van der Waals surface area contributed by atoms with Crippen LogP contribution in [0.5, 0.6) is 0 Å². The van der Waals surface area contributed by atoms with Gasteiger partial charge in [-0.3, -0.25) is 0 Å². The minimum Gasteiger partial charge on any atom is -0.481 e. The molecule has 2 nitrogen and oxygen atoms in total. The Morgan fingerprint density at radius 1 is 1.30 bits per heavy atom. The van der Waals surface area contributed by atoms with Gasteiger partial charge in [-0.05, 0) is 26.1 Å². The van der Waals surface area contributed by atoms with E-state index in [1.807, 2.05) is 13.8 Å². The summed E-state index contributed by atoms with van der Waals surface area (Å²) in [6, 6.07) is 0. The fourth-order valence-corrected chi connectivity index (χ4v) is 0.427. The Labute approximate surface area is 62.9 Å². The Balaban J connectivity index is 0. The van der Waals surface area contributed by atoms with Crippen LogP contribution >= 0.6 is 0 Å². The van der Waals surface area contributed by atoms with Gasteiger partial charge in [-0.25, -0.2) is 4.99 Å². The topological polar surface area (TPSA) is 21.6 Å². The van der Waals surface area contributed by atoms with Crippen LogP contribution in [0.4, 0.5) is 0 Å². The van der Waals surface area contributed by atoms with Gasteiger partial charge in [-0.15, -0.1) is 13.2 Å². The number of methoxy groups -OCH3 is 1. The molecular formula is C8H15NO. The third kappa shape index (κ3) is 5.09. The van der Waals surface area contributed by atoms with Gasteiger partial charge in [0.15, 0.2) is 0 Å². The number of aliphatic imine (C=N–C) groups is 1. The average Bonchev–Trinajstić information content (AvgIpc) is 1.94. The summed E-state index contributed by atoms with van der Waals surface area (Å²) in [6.45, 7) is 13.2. The fourth-order valence-electron chi connectivity index (χ4n) is 0.427. The standard InChI is InChI=1S/C6H11NO.C2H4/c1-5(2)6(7-3)8-4;1-2/h3H2,1-2,4H3;1-2H2. The van der Waals surface area contributed by atoms with Crippen LogP contribution in [0.15, 0.2) is 29.6 Å². The molecule has 0 radical (unpaired) electrons. The Morgan fingerprint density at radius 2 is 1.70 bits per heavy atom. The van der Waals surface area contributed by atoms with Crippen molar-refractivity contribution >= 4 is 6.72 Å². The smallest absolute Gasteiger partial charge is 0.210 e. The van der Waals surface area contributed by atoms with Crippen molar-refractivity contribution in [2.75, 3.05) is 7.11 Å². The van der Waals surface area contributed by atoms with Crippen molar-refractivity contribution in [2.45, 2.75) is 13.8 Å². The van der Waals surface area contributed by atoms with Crippen molar-refractivity contribution in [1.29, 1.82) is 0 Å². The Kier molecular flexibility index (Phi) is 9.31. The van der Waals surface area contributed by atoms with E-state index in [-0.39, 0.29) is 0 Å². The van der Waals surface area contributed by atoms with Gasteiger partial charge in [-0.2, -0.15) is 0 Å². The molecule has 0 saturated carbocycles. The summed E-state index contributed by atoms with van der Waals surface area (Å²) < 4.78 is 4.81. The van der Waals surface area contributed by atoms with E-state index in [2.05, 4.69) is 24.9 Å². The highest BCUT2D eigenvalue weighted by Crippen LogP contribution is 2.02. The fraction of sp³-hybridized carbons (Fsp3) is 0.375. The van der Waals surface area contributed by atoms with Crippen LogP contribution in [-0.4, -0.2) is 13.8 Å². The second-order valence-electron chi connectivity index (χ2n) is 1.67. The third-order valence-electron chi connectivity index (χ3n) is 0.765. The van der Waals surface area contributed by atoms with E-state index >= 15 is 0 Å². The van der Waals surface area contributed by atoms with Crippen LogP contribution in [0.1, 0.15) is 13.8 Å². The van der Waals surface area contributed by atoms with Crippen LogP contribution in [0.25, 0.3) is 0 Å². The number of rotatable bonds is 2. The molecular weight excluding hydrogens is 126 g/mol. The molecule has 0 aliphatic heterocycles. The molecule has 0 rings (SSSR count). The minimum absolute atomic E-state index is 0.616. The maximum atomic E-state index is 4.81. The molecule has 0 heterocycles. The summed E-state index contributed by atoms with van der Waals surface area (Å²) in [7, 11) is 1.58. The van der Waals surface area contributed by atoms with Gasteiger partial charge < -0.3 is 4.74 Å². The predicted octanol–water partition coefficient (Wildman–Crippen LogP) is 2.39. The molecule has 0 aromatic heterocycles. The number of allylic oxidation sites excluding steroid dienone is 1. The first kappa shape index (κ1) is 11.7. The zero-order chi connectivity index (χ0) is 8.57. The summed E-state index contributed by atoms with van der Waals surface area (Å²) in [5, 5.41) is 0. The molecule has 0 atom stereocenters. The molecule has 0 spiro atoms. The Bertz CT molecular complexity index is 123. The van der Waals surface area contributed by atoms with E-state index in [1.54, 1.807) is 7.11 Å². The van der Waals surface area contributed by atoms with Gasteiger partial charge >= 0.3 is 0 Å². The second-order valence-corrected chi connectivity index (χ2v) is 1.67. The lowest BCUT2D eigenvalue weighted by Crippen LogP contribution is -1.83. The molecule has 0 aliphatic rings. The lowest BCUT2D eigenvalue weighted by Gasteiger charge is -1.98. The van der Waals surface area contributed by atoms with Gasteiger partial charge in [0.25, 0.3) is 0 Å².